The van der Waals surface area contributed by atoms with Crippen molar-refractivity contribution in [2.75, 3.05) is 39.5 Å². The number of hydrogen-bond acceptors (Lipinski definition) is 3. The molecule has 0 saturated carbocycles. The minimum absolute atomic E-state index is 0.762. The Labute approximate surface area is 107 Å². The highest BCUT2D eigenvalue weighted by Crippen LogP contribution is 2.20. The first-order chi connectivity index (χ1) is 7.65. The van der Waals surface area contributed by atoms with Crippen LogP contribution in [0.15, 0.2) is 0 Å². The van der Waals surface area contributed by atoms with E-state index in [1.54, 1.807) is 0 Å². The smallest absolute Gasteiger partial charge is 0.0254 e. The molecule has 1 rings (SSSR count). The SMILES string of the molecule is CC1CN(CCCCCCS)CC1N(C)C. The molecule has 0 aromatic carbocycles. The molecule has 3 heteroatoms. The summed E-state index contributed by atoms with van der Waals surface area (Å²) in [7, 11) is 4.41. The van der Waals surface area contributed by atoms with Crippen LogP contribution in [0.3, 0.4) is 0 Å². The van der Waals surface area contributed by atoms with Gasteiger partial charge < -0.3 is 9.80 Å². The van der Waals surface area contributed by atoms with Crippen molar-refractivity contribution in [3.8, 4) is 0 Å². The summed E-state index contributed by atoms with van der Waals surface area (Å²) >= 11 is 4.24. The van der Waals surface area contributed by atoms with Gasteiger partial charge in [0.1, 0.15) is 0 Å². The summed E-state index contributed by atoms with van der Waals surface area (Å²) in [6, 6.07) is 0.762. The molecule has 0 aromatic rings. The Hall–Kier alpha value is 0.270. The fourth-order valence-electron chi connectivity index (χ4n) is 2.70. The number of likely N-dealkylation sites (N-methyl/N-ethyl adjacent to an activating group) is 1. The number of thiol groups is 1. The first-order valence-electron chi connectivity index (χ1n) is 6.64. The van der Waals surface area contributed by atoms with Crippen molar-refractivity contribution in [1.82, 2.24) is 9.80 Å². The van der Waals surface area contributed by atoms with Gasteiger partial charge in [0.15, 0.2) is 0 Å². The van der Waals surface area contributed by atoms with Gasteiger partial charge in [-0.15, -0.1) is 0 Å². The summed E-state index contributed by atoms with van der Waals surface area (Å²) in [5.41, 5.74) is 0. The number of unbranched alkanes of at least 4 members (excludes halogenated alkanes) is 3. The minimum atomic E-state index is 0.762. The lowest BCUT2D eigenvalue weighted by atomic mass is 10.1. The summed E-state index contributed by atoms with van der Waals surface area (Å²) in [6.07, 6.45) is 5.36. The molecule has 0 amide bonds. The molecule has 0 bridgehead atoms. The van der Waals surface area contributed by atoms with E-state index >= 15 is 0 Å². The lowest BCUT2D eigenvalue weighted by molar-refractivity contribution is 0.251. The topological polar surface area (TPSA) is 6.48 Å². The van der Waals surface area contributed by atoms with Gasteiger partial charge in [-0.1, -0.05) is 19.8 Å². The second-order valence-electron chi connectivity index (χ2n) is 5.41. The molecule has 2 atom stereocenters. The molecule has 0 radical (unpaired) electrons. The van der Waals surface area contributed by atoms with Gasteiger partial charge in [0.2, 0.25) is 0 Å². The summed E-state index contributed by atoms with van der Waals surface area (Å²) in [4.78, 5) is 5.02. The van der Waals surface area contributed by atoms with Crippen LogP contribution in [-0.2, 0) is 0 Å². The number of likely N-dealkylation sites (tertiary alicyclic amines) is 1. The maximum absolute atomic E-state index is 4.24. The minimum Gasteiger partial charge on any atom is -0.305 e. The molecule has 2 unspecified atom stereocenters. The second kappa shape index (κ2) is 7.57. The Morgan fingerprint density at radius 3 is 2.38 bits per heavy atom. The Kier molecular flexibility index (Phi) is 6.78. The highest BCUT2D eigenvalue weighted by atomic mass is 32.1. The third kappa shape index (κ3) is 4.64. The number of hydrogen-bond donors (Lipinski definition) is 1. The summed E-state index contributed by atoms with van der Waals surface area (Å²) < 4.78 is 0. The van der Waals surface area contributed by atoms with E-state index in [0.717, 1.165) is 17.7 Å². The summed E-state index contributed by atoms with van der Waals surface area (Å²) in [5.74, 6) is 1.87. The monoisotopic (exact) mass is 244 g/mol. The van der Waals surface area contributed by atoms with Gasteiger partial charge in [0, 0.05) is 19.1 Å². The van der Waals surface area contributed by atoms with E-state index in [1.807, 2.05) is 0 Å². The van der Waals surface area contributed by atoms with E-state index in [0.29, 0.717) is 0 Å². The van der Waals surface area contributed by atoms with Crippen LogP contribution in [0.25, 0.3) is 0 Å². The molecule has 1 fully saturated rings. The number of rotatable bonds is 7. The maximum Gasteiger partial charge on any atom is 0.0254 e. The Balaban J connectivity index is 2.11. The maximum atomic E-state index is 4.24. The Morgan fingerprint density at radius 1 is 1.12 bits per heavy atom. The quantitative estimate of drug-likeness (QED) is 0.542. The lowest BCUT2D eigenvalue weighted by Gasteiger charge is -2.22. The van der Waals surface area contributed by atoms with Crippen molar-refractivity contribution in [1.29, 1.82) is 0 Å². The van der Waals surface area contributed by atoms with E-state index in [-0.39, 0.29) is 0 Å². The van der Waals surface area contributed by atoms with Gasteiger partial charge in [0.25, 0.3) is 0 Å². The zero-order valence-electron chi connectivity index (χ0n) is 11.2. The number of nitrogens with zero attached hydrogens (tertiary/aromatic N) is 2. The van der Waals surface area contributed by atoms with E-state index in [1.165, 1.54) is 45.3 Å². The molecule has 1 saturated heterocycles. The van der Waals surface area contributed by atoms with Crippen LogP contribution in [-0.4, -0.2) is 55.3 Å². The molecular formula is C13H28N2S. The van der Waals surface area contributed by atoms with Crippen LogP contribution in [0, 0.1) is 5.92 Å². The van der Waals surface area contributed by atoms with Crippen LogP contribution in [0.1, 0.15) is 32.6 Å². The van der Waals surface area contributed by atoms with Gasteiger partial charge >= 0.3 is 0 Å². The lowest BCUT2D eigenvalue weighted by Crippen LogP contribution is -2.34. The molecule has 0 aliphatic carbocycles. The van der Waals surface area contributed by atoms with Gasteiger partial charge in [0.05, 0.1) is 0 Å². The normalized spacial score (nSPS) is 26.8. The fraction of sp³-hybridized carbons (Fsp3) is 1.00. The van der Waals surface area contributed by atoms with Gasteiger partial charge in [-0.05, 0) is 45.2 Å². The highest BCUT2D eigenvalue weighted by Gasteiger charge is 2.30. The van der Waals surface area contributed by atoms with Gasteiger partial charge in [-0.2, -0.15) is 12.6 Å². The summed E-state index contributed by atoms with van der Waals surface area (Å²) in [5, 5.41) is 0. The van der Waals surface area contributed by atoms with E-state index in [4.69, 9.17) is 0 Å². The standard InChI is InChI=1S/C13H28N2S/c1-12-10-15(11-13(12)14(2)3)8-6-4-5-7-9-16/h12-13,16H,4-11H2,1-3H3. The first kappa shape index (κ1) is 14.3. The molecule has 2 nitrogen and oxygen atoms in total. The van der Waals surface area contributed by atoms with E-state index in [2.05, 4.69) is 43.4 Å². The molecule has 0 spiro atoms. The molecule has 0 N–H and O–H groups in total. The van der Waals surface area contributed by atoms with Crippen molar-refractivity contribution in [3.05, 3.63) is 0 Å². The molecule has 1 heterocycles. The Bertz CT molecular complexity index is 185. The fourth-order valence-corrected chi connectivity index (χ4v) is 2.93. The molecule has 16 heavy (non-hydrogen) atoms. The predicted octanol–water partition coefficient (Wildman–Crippen LogP) is 2.36. The average Bonchev–Trinajstić information content (AvgIpc) is 2.59. The van der Waals surface area contributed by atoms with Crippen LogP contribution < -0.4 is 0 Å². The van der Waals surface area contributed by atoms with Crippen LogP contribution in [0.2, 0.25) is 0 Å². The van der Waals surface area contributed by atoms with E-state index in [9.17, 15) is 0 Å². The van der Waals surface area contributed by atoms with Crippen molar-refractivity contribution < 1.29 is 0 Å². The van der Waals surface area contributed by atoms with Gasteiger partial charge in [-0.3, -0.25) is 0 Å². The molecule has 1 aliphatic heterocycles. The van der Waals surface area contributed by atoms with Gasteiger partial charge in [-0.25, -0.2) is 0 Å². The Morgan fingerprint density at radius 2 is 1.81 bits per heavy atom. The second-order valence-corrected chi connectivity index (χ2v) is 5.85. The summed E-state index contributed by atoms with van der Waals surface area (Å²) in [6.45, 7) is 6.23. The molecular weight excluding hydrogens is 216 g/mol. The average molecular weight is 244 g/mol. The zero-order valence-corrected chi connectivity index (χ0v) is 12.0. The van der Waals surface area contributed by atoms with Crippen LogP contribution in [0.5, 0.6) is 0 Å². The van der Waals surface area contributed by atoms with Crippen LogP contribution >= 0.6 is 12.6 Å². The third-order valence-electron chi connectivity index (χ3n) is 3.69. The van der Waals surface area contributed by atoms with E-state index < -0.39 is 0 Å². The van der Waals surface area contributed by atoms with Crippen molar-refractivity contribution in [2.24, 2.45) is 5.92 Å². The highest BCUT2D eigenvalue weighted by molar-refractivity contribution is 7.80. The molecule has 1 aliphatic rings. The van der Waals surface area contributed by atoms with Crippen molar-refractivity contribution in [3.63, 3.8) is 0 Å². The zero-order chi connectivity index (χ0) is 12.0. The van der Waals surface area contributed by atoms with Crippen LogP contribution in [0.4, 0.5) is 0 Å². The van der Waals surface area contributed by atoms with Crippen molar-refractivity contribution >= 4 is 12.6 Å². The largest absolute Gasteiger partial charge is 0.305 e. The predicted molar refractivity (Wildman–Crippen MR) is 75.4 cm³/mol. The first-order valence-corrected chi connectivity index (χ1v) is 7.28. The van der Waals surface area contributed by atoms with Crippen molar-refractivity contribution in [2.45, 2.75) is 38.6 Å². The molecule has 0 aromatic heterocycles. The third-order valence-corrected chi connectivity index (χ3v) is 4.01. The molecule has 96 valence electrons.